The topological polar surface area (TPSA) is 51.9 Å². The second-order valence-corrected chi connectivity index (χ2v) is 9.11. The number of nitrogens with zero attached hydrogens (tertiary/aromatic N) is 3. The summed E-state index contributed by atoms with van der Waals surface area (Å²) >= 11 is 3.40. The summed E-state index contributed by atoms with van der Waals surface area (Å²) < 4.78 is 19.1. The summed E-state index contributed by atoms with van der Waals surface area (Å²) in [6, 6.07) is 27.3. The summed E-state index contributed by atoms with van der Waals surface area (Å²) in [5.74, 6) is 0.00545. The molecule has 1 N–H and O–H groups in total. The molecule has 2 heterocycles. The quantitative estimate of drug-likeness (QED) is 0.264. The molecule has 5 aromatic rings. The van der Waals surface area contributed by atoms with Gasteiger partial charge in [-0.3, -0.25) is 4.79 Å². The molecule has 7 heteroatoms. The molecule has 2 aromatic heterocycles. The van der Waals surface area contributed by atoms with Crippen molar-refractivity contribution in [2.24, 2.45) is 0 Å². The Kier molecular flexibility index (Phi) is 6.09. The number of hydrogen-bond donors (Lipinski definition) is 1. The third-order valence-corrected chi connectivity index (χ3v) is 6.39. The number of amides is 1. The Bertz CT molecular complexity index is 1520. The smallest absolute Gasteiger partial charge is 0.256 e. The Balaban J connectivity index is 1.59. The fourth-order valence-corrected chi connectivity index (χ4v) is 4.45. The summed E-state index contributed by atoms with van der Waals surface area (Å²) in [7, 11) is 0. The molecule has 0 unspecified atom stereocenters. The Morgan fingerprint density at radius 1 is 0.914 bits per heavy atom. The SMILES string of the molecule is Cc1cc(-c2cc(NC(=O)c3ccc(Br)cc3)n(-c3ccccc3)n2)c(C)n1-c1ccccc1F. The normalized spacial score (nSPS) is 11.0. The van der Waals surface area contributed by atoms with Crippen LogP contribution in [0.1, 0.15) is 21.7 Å². The largest absolute Gasteiger partial charge is 0.315 e. The number of aryl methyl sites for hydroxylation is 1. The van der Waals surface area contributed by atoms with Crippen LogP contribution in [-0.4, -0.2) is 20.3 Å². The number of benzene rings is 3. The van der Waals surface area contributed by atoms with Crippen LogP contribution in [0.2, 0.25) is 0 Å². The lowest BCUT2D eigenvalue weighted by atomic mass is 10.2. The number of aromatic nitrogens is 3. The van der Waals surface area contributed by atoms with E-state index >= 15 is 0 Å². The molecule has 3 aromatic carbocycles. The zero-order chi connectivity index (χ0) is 24.5. The van der Waals surface area contributed by atoms with Crippen molar-refractivity contribution in [2.45, 2.75) is 13.8 Å². The van der Waals surface area contributed by atoms with Crippen molar-refractivity contribution in [3.63, 3.8) is 0 Å². The van der Waals surface area contributed by atoms with Crippen LogP contribution < -0.4 is 5.32 Å². The van der Waals surface area contributed by atoms with Crippen LogP contribution in [0, 0.1) is 19.7 Å². The lowest BCUT2D eigenvalue weighted by Crippen LogP contribution is -2.15. The third kappa shape index (κ3) is 4.42. The van der Waals surface area contributed by atoms with Crippen LogP contribution in [0.25, 0.3) is 22.6 Å². The third-order valence-electron chi connectivity index (χ3n) is 5.86. The molecule has 5 nitrogen and oxygen atoms in total. The van der Waals surface area contributed by atoms with Gasteiger partial charge in [0.25, 0.3) is 5.91 Å². The zero-order valence-corrected chi connectivity index (χ0v) is 20.8. The monoisotopic (exact) mass is 528 g/mol. The molecule has 5 rings (SSSR count). The standard InChI is InChI=1S/C28H22BrFN4O/c1-18-16-23(19(2)33(18)26-11-7-6-10-24(26)30)25-17-27(34(32-25)22-8-4-3-5-9-22)31-28(35)20-12-14-21(29)15-13-20/h3-17H,1-2H3,(H,31,35). The van der Waals surface area contributed by atoms with Crippen LogP contribution >= 0.6 is 15.9 Å². The van der Waals surface area contributed by atoms with Crippen molar-refractivity contribution in [1.82, 2.24) is 14.3 Å². The van der Waals surface area contributed by atoms with Gasteiger partial charge in [0.05, 0.1) is 17.1 Å². The Morgan fingerprint density at radius 2 is 1.60 bits per heavy atom. The van der Waals surface area contributed by atoms with Crippen molar-refractivity contribution < 1.29 is 9.18 Å². The molecule has 0 saturated heterocycles. The first-order valence-corrected chi connectivity index (χ1v) is 11.9. The molecule has 174 valence electrons. The van der Waals surface area contributed by atoms with E-state index < -0.39 is 0 Å². The van der Waals surface area contributed by atoms with Crippen LogP contribution in [0.3, 0.4) is 0 Å². The van der Waals surface area contributed by atoms with Gasteiger partial charge in [-0.2, -0.15) is 5.10 Å². The summed E-state index contributed by atoms with van der Waals surface area (Å²) in [6.07, 6.45) is 0. The maximum atomic E-state index is 14.6. The average Bonchev–Trinajstić information content (AvgIpc) is 3.40. The number of carbonyl (C=O) groups is 1. The number of para-hydroxylation sites is 2. The highest BCUT2D eigenvalue weighted by molar-refractivity contribution is 9.10. The van der Waals surface area contributed by atoms with E-state index in [9.17, 15) is 9.18 Å². The van der Waals surface area contributed by atoms with Crippen molar-refractivity contribution in [2.75, 3.05) is 5.32 Å². The molecule has 0 atom stereocenters. The van der Waals surface area contributed by atoms with Crippen molar-refractivity contribution >= 4 is 27.7 Å². The van der Waals surface area contributed by atoms with Gasteiger partial charge in [-0.15, -0.1) is 0 Å². The number of rotatable bonds is 5. The number of halogens is 2. The van der Waals surface area contributed by atoms with Gasteiger partial charge in [-0.1, -0.05) is 46.3 Å². The minimum absolute atomic E-state index is 0.238. The van der Waals surface area contributed by atoms with Gasteiger partial charge < -0.3 is 9.88 Å². The van der Waals surface area contributed by atoms with Crippen LogP contribution in [-0.2, 0) is 0 Å². The fraction of sp³-hybridized carbons (Fsp3) is 0.0714. The minimum Gasteiger partial charge on any atom is -0.315 e. The van der Waals surface area contributed by atoms with Gasteiger partial charge in [0.1, 0.15) is 11.6 Å². The molecule has 0 saturated carbocycles. The highest BCUT2D eigenvalue weighted by Gasteiger charge is 2.20. The molecule has 0 aliphatic heterocycles. The number of carbonyl (C=O) groups excluding carboxylic acids is 1. The van der Waals surface area contributed by atoms with Gasteiger partial charge >= 0.3 is 0 Å². The molecule has 0 aliphatic rings. The van der Waals surface area contributed by atoms with E-state index in [1.165, 1.54) is 6.07 Å². The van der Waals surface area contributed by atoms with Crippen molar-refractivity contribution in [1.29, 1.82) is 0 Å². The maximum absolute atomic E-state index is 14.6. The molecule has 0 aliphatic carbocycles. The van der Waals surface area contributed by atoms with Crippen LogP contribution in [0.4, 0.5) is 10.2 Å². The highest BCUT2D eigenvalue weighted by atomic mass is 79.9. The van der Waals surface area contributed by atoms with Gasteiger partial charge in [0, 0.05) is 33.1 Å². The first-order chi connectivity index (χ1) is 16.9. The highest BCUT2D eigenvalue weighted by Crippen LogP contribution is 2.32. The Morgan fingerprint density at radius 3 is 2.31 bits per heavy atom. The van der Waals surface area contributed by atoms with Crippen LogP contribution in [0.15, 0.2) is 95.5 Å². The Hall–Kier alpha value is -3.97. The second kappa shape index (κ2) is 9.35. The van der Waals surface area contributed by atoms with E-state index in [0.29, 0.717) is 22.8 Å². The summed E-state index contributed by atoms with van der Waals surface area (Å²) in [6.45, 7) is 3.88. The van der Waals surface area contributed by atoms with E-state index in [1.807, 2.05) is 79.1 Å². The molecular weight excluding hydrogens is 507 g/mol. The van der Waals surface area contributed by atoms with E-state index in [-0.39, 0.29) is 11.7 Å². The van der Waals surface area contributed by atoms with Gasteiger partial charge in [-0.05, 0) is 68.4 Å². The van der Waals surface area contributed by atoms with Gasteiger partial charge in [-0.25, -0.2) is 9.07 Å². The molecule has 1 amide bonds. The summed E-state index contributed by atoms with van der Waals surface area (Å²) in [5.41, 5.74) is 5.12. The predicted octanol–water partition coefficient (Wildman–Crippen LogP) is 7.10. The second-order valence-electron chi connectivity index (χ2n) is 8.19. The van der Waals surface area contributed by atoms with Gasteiger partial charge in [0.2, 0.25) is 0 Å². The summed E-state index contributed by atoms with van der Waals surface area (Å²) in [5, 5.41) is 7.83. The molecule has 0 fully saturated rings. The number of nitrogens with one attached hydrogen (secondary N) is 1. The van der Waals surface area contributed by atoms with Crippen molar-refractivity contribution in [3.05, 3.63) is 118 Å². The minimum atomic E-state index is -0.293. The zero-order valence-electron chi connectivity index (χ0n) is 19.2. The van der Waals surface area contributed by atoms with E-state index in [4.69, 9.17) is 5.10 Å². The first kappa shape index (κ1) is 22.8. The Labute approximate surface area is 211 Å². The number of hydrogen-bond acceptors (Lipinski definition) is 2. The van der Waals surface area contributed by atoms with Crippen molar-refractivity contribution in [3.8, 4) is 22.6 Å². The molecule has 0 bridgehead atoms. The molecule has 0 radical (unpaired) electrons. The predicted molar refractivity (Wildman–Crippen MR) is 140 cm³/mol. The maximum Gasteiger partial charge on any atom is 0.256 e. The lowest BCUT2D eigenvalue weighted by Gasteiger charge is -2.10. The average molecular weight is 529 g/mol. The molecule has 35 heavy (non-hydrogen) atoms. The summed E-state index contributed by atoms with van der Waals surface area (Å²) in [4.78, 5) is 13.0. The van der Waals surface area contributed by atoms with E-state index in [2.05, 4.69) is 21.2 Å². The molecular formula is C28H22BrFN4O. The van der Waals surface area contributed by atoms with E-state index in [0.717, 1.165) is 27.1 Å². The van der Waals surface area contributed by atoms with E-state index in [1.54, 1.807) is 28.9 Å². The van der Waals surface area contributed by atoms with Gasteiger partial charge in [0.15, 0.2) is 0 Å². The number of anilines is 1. The molecule has 0 spiro atoms. The fourth-order valence-electron chi connectivity index (χ4n) is 4.18. The lowest BCUT2D eigenvalue weighted by molar-refractivity contribution is 0.102. The van der Waals surface area contributed by atoms with Crippen LogP contribution in [0.5, 0.6) is 0 Å². The first-order valence-electron chi connectivity index (χ1n) is 11.1.